The third-order valence-corrected chi connectivity index (χ3v) is 4.37. The molecule has 0 saturated carbocycles. The Hall–Kier alpha value is 0.140. The van der Waals surface area contributed by atoms with Gasteiger partial charge in [-0.3, -0.25) is 0 Å². The standard InChI is InChI=1S/C12H15F11O3S.Na/c13-8(14,6-4-2-1-3-5-7-9(15,16)17)10(18,19)11(20,21)12(22,23)27(24,25)26;/h1-7H2,(H,24,25,26);/q;+1/p-1. The molecule has 0 aromatic rings. The van der Waals surface area contributed by atoms with Crippen LogP contribution in [0.5, 0.6) is 0 Å². The first kappa shape index (κ1) is 30.3. The van der Waals surface area contributed by atoms with Gasteiger partial charge in [0.05, 0.1) is 0 Å². The summed E-state index contributed by atoms with van der Waals surface area (Å²) in [5.41, 5.74) is 0. The molecule has 0 aliphatic carbocycles. The fraction of sp³-hybridized carbons (Fsp3) is 1.00. The van der Waals surface area contributed by atoms with E-state index in [1.54, 1.807) is 0 Å². The Morgan fingerprint density at radius 3 is 1.32 bits per heavy atom. The summed E-state index contributed by atoms with van der Waals surface area (Å²) in [6, 6.07) is 0. The average Bonchev–Trinajstić information content (AvgIpc) is 2.43. The number of halogens is 11. The SMILES string of the molecule is O=S(=O)([O-])C(F)(F)C(F)(F)C(F)(F)C(F)(F)CCCCCCCC(F)(F)F.[Na+]. The van der Waals surface area contributed by atoms with Crippen molar-refractivity contribution in [3.05, 3.63) is 0 Å². The van der Waals surface area contributed by atoms with Crippen LogP contribution < -0.4 is 29.6 Å². The van der Waals surface area contributed by atoms with E-state index in [0.717, 1.165) is 0 Å². The third-order valence-electron chi connectivity index (χ3n) is 3.48. The molecule has 0 saturated heterocycles. The normalized spacial score (nSPS) is 14.7. The number of hydrogen-bond donors (Lipinski definition) is 0. The summed E-state index contributed by atoms with van der Waals surface area (Å²) in [6.45, 7) is 0. The van der Waals surface area contributed by atoms with Gasteiger partial charge in [0.15, 0.2) is 10.1 Å². The Bertz CT molecular complexity index is 590. The second kappa shape index (κ2) is 9.96. The molecule has 0 aliphatic rings. The van der Waals surface area contributed by atoms with Gasteiger partial charge >= 0.3 is 58.8 Å². The smallest absolute Gasteiger partial charge is 0.743 e. The van der Waals surface area contributed by atoms with Gasteiger partial charge in [-0.25, -0.2) is 8.42 Å². The molecule has 0 radical (unpaired) electrons. The van der Waals surface area contributed by atoms with Gasteiger partial charge in [0.1, 0.15) is 0 Å². The molecule has 16 heteroatoms. The van der Waals surface area contributed by atoms with E-state index in [2.05, 4.69) is 0 Å². The number of rotatable bonds is 11. The first-order chi connectivity index (χ1) is 11.7. The van der Waals surface area contributed by atoms with Gasteiger partial charge in [0, 0.05) is 12.8 Å². The fourth-order valence-electron chi connectivity index (χ4n) is 1.93. The van der Waals surface area contributed by atoms with Gasteiger partial charge in [-0.15, -0.1) is 0 Å². The quantitative estimate of drug-likeness (QED) is 0.202. The Kier molecular flexibility index (Phi) is 10.8. The monoisotopic (exact) mass is 470 g/mol. The maximum Gasteiger partial charge on any atom is 1.00 e. The molecule has 0 amide bonds. The van der Waals surface area contributed by atoms with Gasteiger partial charge < -0.3 is 4.55 Å². The number of alkyl halides is 11. The van der Waals surface area contributed by atoms with Crippen molar-refractivity contribution >= 4 is 10.1 Å². The van der Waals surface area contributed by atoms with Crippen molar-refractivity contribution in [1.82, 2.24) is 0 Å². The third kappa shape index (κ3) is 7.13. The molecule has 0 aromatic heterocycles. The second-order valence-electron chi connectivity index (χ2n) is 5.71. The van der Waals surface area contributed by atoms with Crippen LogP contribution >= 0.6 is 0 Å². The topological polar surface area (TPSA) is 57.2 Å². The van der Waals surface area contributed by atoms with Crippen molar-refractivity contribution in [3.8, 4) is 0 Å². The van der Waals surface area contributed by atoms with Crippen molar-refractivity contribution < 1.29 is 90.8 Å². The maximum atomic E-state index is 13.3. The van der Waals surface area contributed by atoms with Gasteiger partial charge in [0.2, 0.25) is 0 Å². The molecule has 0 aromatic carbocycles. The van der Waals surface area contributed by atoms with Crippen LogP contribution in [0.3, 0.4) is 0 Å². The van der Waals surface area contributed by atoms with Crippen LogP contribution in [-0.2, 0) is 10.1 Å². The molecule has 0 N–H and O–H groups in total. The van der Waals surface area contributed by atoms with Crippen LogP contribution in [0.4, 0.5) is 48.3 Å². The largest absolute Gasteiger partial charge is 1.00 e. The van der Waals surface area contributed by atoms with E-state index in [-0.39, 0.29) is 48.8 Å². The van der Waals surface area contributed by atoms with Gasteiger partial charge in [-0.2, -0.15) is 48.3 Å². The minimum absolute atomic E-state index is 0. The van der Waals surface area contributed by atoms with E-state index < -0.39 is 65.0 Å². The summed E-state index contributed by atoms with van der Waals surface area (Å²) in [5, 5.41) is -7.00. The van der Waals surface area contributed by atoms with Crippen LogP contribution in [0.15, 0.2) is 0 Å². The molecular weight excluding hydrogens is 456 g/mol. The molecule has 0 atom stereocenters. The molecule has 164 valence electrons. The summed E-state index contributed by atoms with van der Waals surface area (Å²) in [6.07, 6.45) is -9.72. The minimum Gasteiger partial charge on any atom is -0.743 e. The maximum absolute atomic E-state index is 13.3. The van der Waals surface area contributed by atoms with Gasteiger partial charge in [-0.1, -0.05) is 19.3 Å². The average molecular weight is 470 g/mol. The van der Waals surface area contributed by atoms with Crippen molar-refractivity contribution in [2.75, 3.05) is 0 Å². The molecule has 0 fully saturated rings. The zero-order chi connectivity index (χ0) is 21.9. The molecule has 0 spiro atoms. The van der Waals surface area contributed by atoms with E-state index in [4.69, 9.17) is 0 Å². The van der Waals surface area contributed by atoms with Crippen LogP contribution in [0, 0.1) is 0 Å². The van der Waals surface area contributed by atoms with Crippen molar-refractivity contribution in [1.29, 1.82) is 0 Å². The molecule has 0 unspecified atom stereocenters. The fourth-order valence-corrected chi connectivity index (χ4v) is 2.37. The van der Waals surface area contributed by atoms with Crippen molar-refractivity contribution in [3.63, 3.8) is 0 Å². The van der Waals surface area contributed by atoms with Crippen LogP contribution in [0.25, 0.3) is 0 Å². The first-order valence-corrected chi connectivity index (χ1v) is 8.65. The predicted molar refractivity (Wildman–Crippen MR) is 67.9 cm³/mol. The summed E-state index contributed by atoms with van der Waals surface area (Å²) in [7, 11) is -7.39. The van der Waals surface area contributed by atoms with E-state index >= 15 is 0 Å². The molecule has 28 heavy (non-hydrogen) atoms. The number of unbranched alkanes of at least 4 members (excludes halogenated alkanes) is 4. The van der Waals surface area contributed by atoms with E-state index in [9.17, 15) is 61.3 Å². The Labute approximate surface area is 175 Å². The first-order valence-electron chi connectivity index (χ1n) is 7.24. The van der Waals surface area contributed by atoms with Crippen molar-refractivity contribution in [2.24, 2.45) is 0 Å². The second-order valence-corrected chi connectivity index (χ2v) is 7.13. The summed E-state index contributed by atoms with van der Waals surface area (Å²) < 4.78 is 171. The van der Waals surface area contributed by atoms with Gasteiger partial charge in [0.25, 0.3) is 0 Å². The van der Waals surface area contributed by atoms with Crippen molar-refractivity contribution in [2.45, 2.75) is 74.1 Å². The molecule has 3 nitrogen and oxygen atoms in total. The molecule has 0 rings (SSSR count). The minimum atomic E-state index is -7.39. The molecular formula is C12H14F11NaO3S. The summed E-state index contributed by atoms with van der Waals surface area (Å²) in [5.74, 6) is -19.9. The van der Waals surface area contributed by atoms with Crippen LogP contribution in [-0.4, -0.2) is 42.2 Å². The van der Waals surface area contributed by atoms with Crippen LogP contribution in [0.2, 0.25) is 0 Å². The van der Waals surface area contributed by atoms with E-state index in [1.165, 1.54) is 0 Å². The zero-order valence-electron chi connectivity index (χ0n) is 14.2. The van der Waals surface area contributed by atoms with Gasteiger partial charge in [-0.05, 0) is 12.8 Å². The Balaban J connectivity index is 0. The van der Waals surface area contributed by atoms with E-state index in [1.807, 2.05) is 0 Å². The Morgan fingerprint density at radius 2 is 0.964 bits per heavy atom. The van der Waals surface area contributed by atoms with E-state index in [0.29, 0.717) is 0 Å². The number of hydrogen-bond acceptors (Lipinski definition) is 3. The molecule has 0 bridgehead atoms. The summed E-state index contributed by atoms with van der Waals surface area (Å²) in [4.78, 5) is 0. The molecule has 0 aliphatic heterocycles. The molecule has 0 heterocycles. The van der Waals surface area contributed by atoms with Crippen LogP contribution in [0.1, 0.15) is 44.9 Å². The predicted octanol–water partition coefficient (Wildman–Crippen LogP) is 2.33. The summed E-state index contributed by atoms with van der Waals surface area (Å²) >= 11 is 0. The Morgan fingerprint density at radius 1 is 0.607 bits per heavy atom. The zero-order valence-corrected chi connectivity index (χ0v) is 17.1.